The molecular formula is C21H15FN2O4S2. The second kappa shape index (κ2) is 7.85. The molecule has 2 aromatic carbocycles. The fourth-order valence-corrected chi connectivity index (χ4v) is 4.41. The van der Waals surface area contributed by atoms with Crippen molar-refractivity contribution in [1.82, 2.24) is 4.57 Å². The molecule has 0 spiro atoms. The summed E-state index contributed by atoms with van der Waals surface area (Å²) < 4.78 is 25.4. The highest BCUT2D eigenvalue weighted by molar-refractivity contribution is 7.73. The van der Waals surface area contributed by atoms with Crippen LogP contribution in [-0.2, 0) is 9.53 Å². The molecule has 0 atom stereocenters. The molecular weight excluding hydrogens is 427 g/mol. The first kappa shape index (κ1) is 20.0. The number of rotatable bonds is 4. The minimum absolute atomic E-state index is 0.108. The molecule has 4 rings (SSSR count). The Hall–Kier alpha value is -3.30. The van der Waals surface area contributed by atoms with Crippen molar-refractivity contribution >= 4 is 52.6 Å². The minimum Gasteiger partial charge on any atom is -0.497 e. The smallest absolute Gasteiger partial charge is 0.357 e. The lowest BCUT2D eigenvalue weighted by Crippen LogP contribution is -2.14. The average Bonchev–Trinajstić information content (AvgIpc) is 3.23. The molecule has 1 aliphatic rings. The lowest BCUT2D eigenvalue weighted by atomic mass is 10.0. The van der Waals surface area contributed by atoms with E-state index in [1.807, 2.05) is 0 Å². The molecule has 0 aliphatic carbocycles. The number of halogens is 1. The van der Waals surface area contributed by atoms with Crippen molar-refractivity contribution in [3.63, 3.8) is 0 Å². The van der Waals surface area contributed by atoms with E-state index in [0.29, 0.717) is 37.1 Å². The van der Waals surface area contributed by atoms with Crippen LogP contribution in [0.4, 0.5) is 10.1 Å². The number of nitrogens with zero attached hydrogens (tertiary/aromatic N) is 2. The van der Waals surface area contributed by atoms with Gasteiger partial charge in [-0.15, -0.1) is 11.3 Å². The highest BCUT2D eigenvalue weighted by Crippen LogP contribution is 2.41. The zero-order valence-corrected chi connectivity index (χ0v) is 17.5. The van der Waals surface area contributed by atoms with Crippen LogP contribution in [0.2, 0.25) is 0 Å². The summed E-state index contributed by atoms with van der Waals surface area (Å²) in [6.45, 7) is 0. The Bertz CT molecular complexity index is 1290. The van der Waals surface area contributed by atoms with Gasteiger partial charge in [0.1, 0.15) is 11.6 Å². The van der Waals surface area contributed by atoms with Gasteiger partial charge in [0.15, 0.2) is 9.67 Å². The molecule has 3 aromatic rings. The van der Waals surface area contributed by atoms with Crippen molar-refractivity contribution in [1.29, 1.82) is 0 Å². The van der Waals surface area contributed by atoms with E-state index in [-0.39, 0.29) is 11.6 Å². The Kier molecular flexibility index (Phi) is 5.23. The topological polar surface area (TPSA) is 73.0 Å². The summed E-state index contributed by atoms with van der Waals surface area (Å²) in [5.41, 5.74) is 2.23. The molecule has 0 saturated heterocycles. The van der Waals surface area contributed by atoms with Gasteiger partial charge >= 0.3 is 5.97 Å². The number of hydrogen-bond donors (Lipinski definition) is 1. The molecule has 1 aromatic heterocycles. The number of carbonyl (C=O) groups is 1. The van der Waals surface area contributed by atoms with Gasteiger partial charge in [0, 0.05) is 17.2 Å². The standard InChI is InChI=1S/C21H15FN2O4S2/c1-27-13-6-7-14-15(18(20(26)28-2)23-16(14)9-13)10-17-19(25)24(21(29)30-17)12-5-3-4-11(22)8-12/h3-10,25H,1-2H3. The Morgan fingerprint density at radius 3 is 2.77 bits per heavy atom. The molecule has 0 radical (unpaired) electrons. The number of aliphatic imine (C=N–C) groups is 1. The Labute approximate surface area is 180 Å². The summed E-state index contributed by atoms with van der Waals surface area (Å²) in [4.78, 5) is 17.1. The van der Waals surface area contributed by atoms with Crippen molar-refractivity contribution < 1.29 is 23.8 Å². The maximum atomic E-state index is 13.6. The third kappa shape index (κ3) is 3.42. The SMILES string of the molecule is COC(=O)C1=Nc2cc(OC)ccc2C1=Cc1sc(=S)n(-c2cccc(F)c2)c1O. The quantitative estimate of drug-likeness (QED) is 0.459. The van der Waals surface area contributed by atoms with E-state index >= 15 is 0 Å². The molecule has 2 heterocycles. The first-order chi connectivity index (χ1) is 14.4. The first-order valence-corrected chi connectivity index (χ1v) is 9.93. The molecule has 0 unspecified atom stereocenters. The normalized spacial score (nSPS) is 13.8. The number of aromatic nitrogens is 1. The molecule has 9 heteroatoms. The van der Waals surface area contributed by atoms with Gasteiger partial charge in [-0.05, 0) is 48.6 Å². The maximum absolute atomic E-state index is 13.6. The predicted octanol–water partition coefficient (Wildman–Crippen LogP) is 4.92. The summed E-state index contributed by atoms with van der Waals surface area (Å²) in [5, 5.41) is 10.8. The van der Waals surface area contributed by atoms with Crippen LogP contribution in [0.25, 0.3) is 17.3 Å². The van der Waals surface area contributed by atoms with Gasteiger partial charge in [-0.3, -0.25) is 4.57 Å². The number of fused-ring (bicyclic) bond motifs is 1. The van der Waals surface area contributed by atoms with Crippen molar-refractivity contribution in [3.05, 3.63) is 62.7 Å². The summed E-state index contributed by atoms with van der Waals surface area (Å²) in [7, 11) is 2.81. The van der Waals surface area contributed by atoms with E-state index in [4.69, 9.17) is 21.7 Å². The lowest BCUT2D eigenvalue weighted by molar-refractivity contribution is -0.132. The van der Waals surface area contributed by atoms with E-state index in [1.54, 1.807) is 37.5 Å². The lowest BCUT2D eigenvalue weighted by Gasteiger charge is -2.06. The van der Waals surface area contributed by atoms with Crippen molar-refractivity contribution in [3.8, 4) is 17.3 Å². The summed E-state index contributed by atoms with van der Waals surface area (Å²) in [5.74, 6) is -0.615. The van der Waals surface area contributed by atoms with Gasteiger partial charge in [0.2, 0.25) is 5.88 Å². The fourth-order valence-electron chi connectivity index (χ4n) is 3.12. The molecule has 0 saturated carbocycles. The number of benzene rings is 2. The van der Waals surface area contributed by atoms with Crippen molar-refractivity contribution in [2.75, 3.05) is 14.2 Å². The van der Waals surface area contributed by atoms with Crippen LogP contribution in [-0.4, -0.2) is 35.6 Å². The van der Waals surface area contributed by atoms with Crippen molar-refractivity contribution in [2.24, 2.45) is 4.99 Å². The highest BCUT2D eigenvalue weighted by atomic mass is 32.1. The molecule has 152 valence electrons. The zero-order chi connectivity index (χ0) is 21.4. The Balaban J connectivity index is 1.87. The van der Waals surface area contributed by atoms with E-state index in [1.165, 1.54) is 29.9 Å². The second-order valence-electron chi connectivity index (χ2n) is 6.26. The van der Waals surface area contributed by atoms with Gasteiger partial charge < -0.3 is 14.6 Å². The third-order valence-corrected chi connectivity index (χ3v) is 5.83. The number of carbonyl (C=O) groups excluding carboxylic acids is 1. The summed E-state index contributed by atoms with van der Waals surface area (Å²) in [6.07, 6.45) is 1.62. The Morgan fingerprint density at radius 2 is 2.07 bits per heavy atom. The van der Waals surface area contributed by atoms with Crippen LogP contribution in [0.3, 0.4) is 0 Å². The third-order valence-electron chi connectivity index (χ3n) is 4.52. The monoisotopic (exact) mass is 442 g/mol. The number of methoxy groups -OCH3 is 2. The van der Waals surface area contributed by atoms with E-state index < -0.39 is 11.8 Å². The van der Waals surface area contributed by atoms with Gasteiger partial charge in [-0.2, -0.15) is 0 Å². The molecule has 0 amide bonds. The highest BCUT2D eigenvalue weighted by Gasteiger charge is 2.28. The number of thiazole rings is 1. The molecule has 6 nitrogen and oxygen atoms in total. The minimum atomic E-state index is -0.607. The molecule has 1 aliphatic heterocycles. The predicted molar refractivity (Wildman–Crippen MR) is 116 cm³/mol. The van der Waals surface area contributed by atoms with Gasteiger partial charge in [-0.1, -0.05) is 6.07 Å². The zero-order valence-electron chi connectivity index (χ0n) is 15.9. The largest absolute Gasteiger partial charge is 0.497 e. The maximum Gasteiger partial charge on any atom is 0.357 e. The Morgan fingerprint density at radius 1 is 1.27 bits per heavy atom. The van der Waals surface area contributed by atoms with Crippen LogP contribution >= 0.6 is 23.6 Å². The van der Waals surface area contributed by atoms with Gasteiger partial charge in [0.05, 0.1) is 30.5 Å². The average molecular weight is 442 g/mol. The first-order valence-electron chi connectivity index (χ1n) is 8.71. The van der Waals surface area contributed by atoms with Gasteiger partial charge in [0.25, 0.3) is 0 Å². The second-order valence-corrected chi connectivity index (χ2v) is 7.94. The van der Waals surface area contributed by atoms with E-state index in [2.05, 4.69) is 4.99 Å². The van der Waals surface area contributed by atoms with Crippen LogP contribution in [0.15, 0.2) is 47.5 Å². The number of ether oxygens (including phenoxy) is 2. The van der Waals surface area contributed by atoms with Crippen LogP contribution in [0.5, 0.6) is 11.6 Å². The van der Waals surface area contributed by atoms with E-state index in [0.717, 1.165) is 11.3 Å². The molecule has 0 bridgehead atoms. The van der Waals surface area contributed by atoms with E-state index in [9.17, 15) is 14.3 Å². The fraction of sp³-hybridized carbons (Fsp3) is 0.0952. The van der Waals surface area contributed by atoms with Gasteiger partial charge in [-0.25, -0.2) is 14.2 Å². The van der Waals surface area contributed by atoms with Crippen molar-refractivity contribution in [2.45, 2.75) is 0 Å². The summed E-state index contributed by atoms with van der Waals surface area (Å²) in [6, 6.07) is 11.0. The van der Waals surface area contributed by atoms with Crippen LogP contribution in [0, 0.1) is 9.77 Å². The molecule has 1 N–H and O–H groups in total. The number of aromatic hydroxyl groups is 1. The van der Waals surface area contributed by atoms with Crippen LogP contribution < -0.4 is 4.74 Å². The number of hydrogen-bond acceptors (Lipinski definition) is 7. The molecule has 30 heavy (non-hydrogen) atoms. The summed E-state index contributed by atoms with van der Waals surface area (Å²) >= 11 is 6.50. The van der Waals surface area contributed by atoms with Crippen LogP contribution in [0.1, 0.15) is 10.4 Å². The number of esters is 1. The molecule has 0 fully saturated rings.